The van der Waals surface area contributed by atoms with Crippen LogP contribution < -0.4 is 0 Å². The van der Waals surface area contributed by atoms with Crippen LogP contribution in [-0.2, 0) is 6.42 Å². The SMILES string of the molecule is CCC.Cc1ccc2c(c1)CCC=C2. The molecule has 0 bridgehead atoms. The van der Waals surface area contributed by atoms with Gasteiger partial charge in [0.2, 0.25) is 0 Å². The number of aryl methyl sites for hydroxylation is 2. The predicted molar refractivity (Wildman–Crippen MR) is 64.5 cm³/mol. The van der Waals surface area contributed by atoms with E-state index in [1.165, 1.54) is 36.0 Å². The molecule has 0 unspecified atom stereocenters. The first-order valence-electron chi connectivity index (χ1n) is 5.54. The van der Waals surface area contributed by atoms with Gasteiger partial charge >= 0.3 is 0 Å². The Morgan fingerprint density at radius 2 is 1.93 bits per heavy atom. The standard InChI is InChI=1S/C11H12.C3H8/c1-9-6-7-10-4-2-3-5-11(10)8-9;1-3-2/h2,4,6-8H,3,5H2,1H3;3H2,1-2H3. The molecule has 1 aliphatic carbocycles. The molecular weight excluding hydrogens is 168 g/mol. The molecule has 0 N–H and O–H groups in total. The van der Waals surface area contributed by atoms with Crippen LogP contribution in [0.1, 0.15) is 43.4 Å². The Morgan fingerprint density at radius 1 is 1.21 bits per heavy atom. The second-order valence-corrected chi connectivity index (χ2v) is 3.85. The summed E-state index contributed by atoms with van der Waals surface area (Å²) >= 11 is 0. The van der Waals surface area contributed by atoms with E-state index in [4.69, 9.17) is 0 Å². The Labute approximate surface area is 87.7 Å². The van der Waals surface area contributed by atoms with Gasteiger partial charge in [0.25, 0.3) is 0 Å². The maximum absolute atomic E-state index is 2.29. The molecule has 0 saturated heterocycles. The molecule has 1 aromatic carbocycles. The lowest BCUT2D eigenvalue weighted by Crippen LogP contribution is -1.93. The van der Waals surface area contributed by atoms with Crippen molar-refractivity contribution in [3.05, 3.63) is 41.0 Å². The second-order valence-electron chi connectivity index (χ2n) is 3.85. The lowest BCUT2D eigenvalue weighted by Gasteiger charge is -2.09. The minimum Gasteiger partial charge on any atom is -0.0836 e. The van der Waals surface area contributed by atoms with E-state index in [0.29, 0.717) is 0 Å². The van der Waals surface area contributed by atoms with Gasteiger partial charge in [0.1, 0.15) is 0 Å². The van der Waals surface area contributed by atoms with E-state index < -0.39 is 0 Å². The molecule has 0 aromatic heterocycles. The second kappa shape index (κ2) is 5.64. The van der Waals surface area contributed by atoms with E-state index in [1.54, 1.807) is 0 Å². The topological polar surface area (TPSA) is 0 Å². The zero-order valence-corrected chi connectivity index (χ0v) is 9.51. The van der Waals surface area contributed by atoms with Crippen molar-refractivity contribution >= 4 is 6.08 Å². The highest BCUT2D eigenvalue weighted by Gasteiger charge is 2.02. The molecule has 1 aromatic rings. The molecular formula is C14H20. The fourth-order valence-electron chi connectivity index (χ4n) is 1.56. The van der Waals surface area contributed by atoms with Crippen LogP contribution in [0.15, 0.2) is 24.3 Å². The first-order chi connectivity index (χ1) is 6.77. The Morgan fingerprint density at radius 3 is 2.64 bits per heavy atom. The lowest BCUT2D eigenvalue weighted by atomic mass is 9.96. The number of allylic oxidation sites excluding steroid dienone is 1. The van der Waals surface area contributed by atoms with Crippen LogP contribution in [0, 0.1) is 6.92 Å². The minimum atomic E-state index is 1.20. The average Bonchev–Trinajstić information content (AvgIpc) is 2.19. The van der Waals surface area contributed by atoms with E-state index in [-0.39, 0.29) is 0 Å². The van der Waals surface area contributed by atoms with Crippen molar-refractivity contribution in [2.45, 2.75) is 40.0 Å². The largest absolute Gasteiger partial charge is 0.0836 e. The van der Waals surface area contributed by atoms with E-state index in [0.717, 1.165) is 0 Å². The Kier molecular flexibility index (Phi) is 4.45. The maximum Gasteiger partial charge on any atom is -0.0227 e. The zero-order valence-electron chi connectivity index (χ0n) is 9.51. The normalized spacial score (nSPS) is 12.8. The molecule has 0 amide bonds. The molecule has 0 saturated carbocycles. The molecule has 76 valence electrons. The number of fused-ring (bicyclic) bond motifs is 1. The molecule has 0 spiro atoms. The number of rotatable bonds is 0. The van der Waals surface area contributed by atoms with Gasteiger partial charge in [-0.2, -0.15) is 0 Å². The quantitative estimate of drug-likeness (QED) is 0.567. The highest BCUT2D eigenvalue weighted by atomic mass is 14.1. The Hall–Kier alpha value is -1.04. The maximum atomic E-state index is 2.29. The highest BCUT2D eigenvalue weighted by Crippen LogP contribution is 2.19. The van der Waals surface area contributed by atoms with E-state index in [2.05, 4.69) is 51.1 Å². The van der Waals surface area contributed by atoms with Gasteiger partial charge in [-0.1, -0.05) is 56.2 Å². The van der Waals surface area contributed by atoms with Gasteiger partial charge in [-0.15, -0.1) is 0 Å². The third-order valence-corrected chi connectivity index (χ3v) is 2.18. The van der Waals surface area contributed by atoms with Gasteiger partial charge in [-0.3, -0.25) is 0 Å². The highest BCUT2D eigenvalue weighted by molar-refractivity contribution is 5.56. The van der Waals surface area contributed by atoms with Crippen LogP contribution in [0.25, 0.3) is 6.08 Å². The molecule has 0 aliphatic heterocycles. The zero-order chi connectivity index (χ0) is 10.4. The Bertz CT molecular complexity index is 308. The minimum absolute atomic E-state index is 1.20. The third kappa shape index (κ3) is 3.02. The van der Waals surface area contributed by atoms with Crippen molar-refractivity contribution in [3.8, 4) is 0 Å². The first kappa shape index (κ1) is 11.0. The summed E-state index contributed by atoms with van der Waals surface area (Å²) in [5, 5.41) is 0. The monoisotopic (exact) mass is 188 g/mol. The van der Waals surface area contributed by atoms with Crippen LogP contribution in [0.5, 0.6) is 0 Å². The van der Waals surface area contributed by atoms with Crippen molar-refractivity contribution in [2.24, 2.45) is 0 Å². The summed E-state index contributed by atoms with van der Waals surface area (Å²) in [6.45, 7) is 6.40. The summed E-state index contributed by atoms with van der Waals surface area (Å²) in [6.07, 6.45) is 8.14. The van der Waals surface area contributed by atoms with Crippen molar-refractivity contribution in [1.29, 1.82) is 0 Å². The van der Waals surface area contributed by atoms with Crippen LogP contribution in [0.3, 0.4) is 0 Å². The van der Waals surface area contributed by atoms with Crippen LogP contribution in [-0.4, -0.2) is 0 Å². The van der Waals surface area contributed by atoms with Crippen LogP contribution >= 0.6 is 0 Å². The van der Waals surface area contributed by atoms with Crippen molar-refractivity contribution < 1.29 is 0 Å². The molecule has 0 radical (unpaired) electrons. The fraction of sp³-hybridized carbons (Fsp3) is 0.429. The van der Waals surface area contributed by atoms with Gasteiger partial charge in [0.05, 0.1) is 0 Å². The summed E-state index contributed by atoms with van der Waals surface area (Å²) < 4.78 is 0. The van der Waals surface area contributed by atoms with E-state index >= 15 is 0 Å². The van der Waals surface area contributed by atoms with Crippen LogP contribution in [0.2, 0.25) is 0 Å². The molecule has 14 heavy (non-hydrogen) atoms. The number of hydrogen-bond acceptors (Lipinski definition) is 0. The number of benzene rings is 1. The van der Waals surface area contributed by atoms with Gasteiger partial charge < -0.3 is 0 Å². The summed E-state index contributed by atoms with van der Waals surface area (Å²) in [5.74, 6) is 0. The van der Waals surface area contributed by atoms with Crippen molar-refractivity contribution in [1.82, 2.24) is 0 Å². The molecule has 0 fully saturated rings. The van der Waals surface area contributed by atoms with Gasteiger partial charge in [0.15, 0.2) is 0 Å². The summed E-state index contributed by atoms with van der Waals surface area (Å²) in [6, 6.07) is 6.67. The molecule has 0 nitrogen and oxygen atoms in total. The number of hydrogen-bond donors (Lipinski definition) is 0. The predicted octanol–water partition coefficient (Wildman–Crippen LogP) is 4.37. The smallest absolute Gasteiger partial charge is 0.0227 e. The molecule has 0 heterocycles. The van der Waals surface area contributed by atoms with E-state index in [1.807, 2.05) is 0 Å². The van der Waals surface area contributed by atoms with Crippen LogP contribution in [0.4, 0.5) is 0 Å². The third-order valence-electron chi connectivity index (χ3n) is 2.18. The van der Waals surface area contributed by atoms with E-state index in [9.17, 15) is 0 Å². The summed E-state index contributed by atoms with van der Waals surface area (Å²) in [5.41, 5.74) is 4.29. The fourth-order valence-corrected chi connectivity index (χ4v) is 1.56. The molecule has 2 rings (SSSR count). The molecule has 0 heteroatoms. The van der Waals surface area contributed by atoms with Gasteiger partial charge in [-0.05, 0) is 30.9 Å². The summed E-state index contributed by atoms with van der Waals surface area (Å²) in [7, 11) is 0. The van der Waals surface area contributed by atoms with Gasteiger partial charge in [0, 0.05) is 0 Å². The van der Waals surface area contributed by atoms with Crippen molar-refractivity contribution in [3.63, 3.8) is 0 Å². The summed E-state index contributed by atoms with van der Waals surface area (Å²) in [4.78, 5) is 0. The Balaban J connectivity index is 0.000000293. The van der Waals surface area contributed by atoms with Gasteiger partial charge in [-0.25, -0.2) is 0 Å². The molecule has 0 atom stereocenters. The average molecular weight is 188 g/mol. The first-order valence-corrected chi connectivity index (χ1v) is 5.54. The lowest BCUT2D eigenvalue weighted by molar-refractivity contribution is 0.982. The van der Waals surface area contributed by atoms with Crippen molar-refractivity contribution in [2.75, 3.05) is 0 Å². The molecule has 1 aliphatic rings.